The van der Waals surface area contributed by atoms with Gasteiger partial charge in [-0.2, -0.15) is 0 Å². The summed E-state index contributed by atoms with van der Waals surface area (Å²) in [4.78, 5) is 9.23. The normalized spacial score (nSPS) is 11.2. The summed E-state index contributed by atoms with van der Waals surface area (Å²) < 4.78 is 0. The van der Waals surface area contributed by atoms with Gasteiger partial charge in [0, 0.05) is 27.9 Å². The van der Waals surface area contributed by atoms with Gasteiger partial charge in [0.25, 0.3) is 0 Å². The smallest absolute Gasteiger partial charge is 0.0747 e. The Hall–Kier alpha value is -1.96. The summed E-state index contributed by atoms with van der Waals surface area (Å²) in [6.07, 6.45) is 0. The van der Waals surface area contributed by atoms with E-state index < -0.39 is 0 Å². The van der Waals surface area contributed by atoms with Crippen molar-refractivity contribution in [2.75, 3.05) is 0 Å². The van der Waals surface area contributed by atoms with Crippen LogP contribution in [0.4, 0.5) is 0 Å². The zero-order valence-corrected chi connectivity index (χ0v) is 10.3. The van der Waals surface area contributed by atoms with Crippen molar-refractivity contribution in [3.05, 3.63) is 47.4 Å². The van der Waals surface area contributed by atoms with E-state index in [1.165, 1.54) is 16.2 Å². The van der Waals surface area contributed by atoms with Crippen LogP contribution < -0.4 is 0 Å². The van der Waals surface area contributed by atoms with Crippen molar-refractivity contribution in [2.24, 2.45) is 0 Å². The van der Waals surface area contributed by atoms with Crippen LogP contribution in [0.15, 0.2) is 30.3 Å². The fourth-order valence-electron chi connectivity index (χ4n) is 2.49. The van der Waals surface area contributed by atoms with Gasteiger partial charge in [0.05, 0.1) is 5.52 Å². The molecule has 0 bridgehead atoms. The Morgan fingerprint density at radius 3 is 2.29 bits per heavy atom. The number of fused-ring (bicyclic) bond motifs is 3. The van der Waals surface area contributed by atoms with Gasteiger partial charge in [-0.25, -0.2) is 0 Å². The van der Waals surface area contributed by atoms with E-state index in [9.17, 15) is 0 Å². The van der Waals surface area contributed by atoms with Crippen molar-refractivity contribution in [1.82, 2.24) is 9.97 Å². The number of hydrogen-bond donors (Lipinski definition) is 0. The van der Waals surface area contributed by atoms with E-state index in [0.717, 1.165) is 22.6 Å². The van der Waals surface area contributed by atoms with E-state index in [-0.39, 0.29) is 0 Å². The van der Waals surface area contributed by atoms with Gasteiger partial charge < -0.3 is 0 Å². The van der Waals surface area contributed by atoms with Gasteiger partial charge in [-0.15, -0.1) is 0 Å². The van der Waals surface area contributed by atoms with E-state index in [4.69, 9.17) is 0 Å². The second-order valence-electron chi connectivity index (χ2n) is 4.49. The summed E-state index contributed by atoms with van der Waals surface area (Å²) in [5, 5.41) is 3.64. The molecule has 0 saturated carbocycles. The fraction of sp³-hybridized carbons (Fsp3) is 0.200. The van der Waals surface area contributed by atoms with Crippen LogP contribution in [0.2, 0.25) is 0 Å². The number of hydrogen-bond acceptors (Lipinski definition) is 2. The minimum absolute atomic E-state index is 1.03. The van der Waals surface area contributed by atoms with E-state index in [0.29, 0.717) is 0 Å². The number of aromatic nitrogens is 2. The lowest BCUT2D eigenvalue weighted by atomic mass is 10.0. The number of pyridine rings is 2. The molecule has 0 spiro atoms. The lowest BCUT2D eigenvalue weighted by molar-refractivity contribution is 1.14. The fourth-order valence-corrected chi connectivity index (χ4v) is 2.49. The topological polar surface area (TPSA) is 25.8 Å². The molecule has 0 aliphatic carbocycles. The highest BCUT2D eigenvalue weighted by Gasteiger charge is 2.08. The summed E-state index contributed by atoms with van der Waals surface area (Å²) in [6.45, 7) is 6.13. The number of rotatable bonds is 0. The van der Waals surface area contributed by atoms with Crippen LogP contribution in [-0.2, 0) is 0 Å². The first-order valence-electron chi connectivity index (χ1n) is 5.80. The van der Waals surface area contributed by atoms with Crippen LogP contribution in [0.5, 0.6) is 0 Å². The summed E-state index contributed by atoms with van der Waals surface area (Å²) in [6, 6.07) is 10.5. The highest BCUT2D eigenvalue weighted by molar-refractivity contribution is 6.07. The Balaban J connectivity index is 2.63. The van der Waals surface area contributed by atoms with Crippen LogP contribution in [-0.4, -0.2) is 9.97 Å². The van der Waals surface area contributed by atoms with Gasteiger partial charge >= 0.3 is 0 Å². The third-order valence-corrected chi connectivity index (χ3v) is 3.18. The molecule has 0 saturated heterocycles. The molecule has 0 aliphatic rings. The summed E-state index contributed by atoms with van der Waals surface area (Å²) in [7, 11) is 0. The van der Waals surface area contributed by atoms with E-state index in [2.05, 4.69) is 54.1 Å². The van der Waals surface area contributed by atoms with Crippen LogP contribution >= 0.6 is 0 Å². The zero-order valence-electron chi connectivity index (χ0n) is 10.3. The maximum Gasteiger partial charge on any atom is 0.0747 e. The van der Waals surface area contributed by atoms with E-state index in [1.807, 2.05) is 6.92 Å². The molecular formula is C15H14N2. The molecule has 0 atom stereocenters. The number of nitrogens with zero attached hydrogens (tertiary/aromatic N) is 2. The van der Waals surface area contributed by atoms with Crippen molar-refractivity contribution in [1.29, 1.82) is 0 Å². The second kappa shape index (κ2) is 3.52. The largest absolute Gasteiger partial charge is 0.258 e. The molecule has 2 heterocycles. The van der Waals surface area contributed by atoms with Crippen molar-refractivity contribution >= 4 is 21.7 Å². The first-order chi connectivity index (χ1) is 8.16. The lowest BCUT2D eigenvalue weighted by Gasteiger charge is -2.09. The molecule has 0 fully saturated rings. The Labute approximate surface area is 100 Å². The van der Waals surface area contributed by atoms with E-state index >= 15 is 0 Å². The first-order valence-corrected chi connectivity index (χ1v) is 5.80. The van der Waals surface area contributed by atoms with Crippen LogP contribution in [0.3, 0.4) is 0 Å². The molecule has 84 valence electrons. The van der Waals surface area contributed by atoms with Gasteiger partial charge in [0.15, 0.2) is 0 Å². The van der Waals surface area contributed by atoms with Crippen molar-refractivity contribution in [3.8, 4) is 0 Å². The Morgan fingerprint density at radius 1 is 0.824 bits per heavy atom. The number of benzene rings is 1. The maximum atomic E-state index is 4.69. The SMILES string of the molecule is Cc1cc2nc(C)c3ccccc3c2c(C)n1. The molecule has 0 radical (unpaired) electrons. The number of aryl methyl sites for hydroxylation is 3. The third kappa shape index (κ3) is 1.48. The Kier molecular flexibility index (Phi) is 2.11. The van der Waals surface area contributed by atoms with Crippen molar-refractivity contribution in [2.45, 2.75) is 20.8 Å². The van der Waals surface area contributed by atoms with Gasteiger partial charge in [-0.05, 0) is 32.2 Å². The van der Waals surface area contributed by atoms with Gasteiger partial charge in [-0.3, -0.25) is 9.97 Å². The van der Waals surface area contributed by atoms with Crippen LogP contribution in [0, 0.1) is 20.8 Å². The minimum Gasteiger partial charge on any atom is -0.258 e. The molecule has 0 N–H and O–H groups in total. The predicted molar refractivity (Wildman–Crippen MR) is 71.3 cm³/mol. The molecule has 0 unspecified atom stereocenters. The molecule has 3 rings (SSSR count). The molecule has 3 aromatic rings. The molecule has 2 heteroatoms. The van der Waals surface area contributed by atoms with Crippen molar-refractivity contribution < 1.29 is 0 Å². The molecule has 17 heavy (non-hydrogen) atoms. The summed E-state index contributed by atoms with van der Waals surface area (Å²) in [5.41, 5.74) is 4.21. The second-order valence-corrected chi connectivity index (χ2v) is 4.49. The molecule has 1 aromatic carbocycles. The highest BCUT2D eigenvalue weighted by atomic mass is 14.7. The van der Waals surface area contributed by atoms with E-state index in [1.54, 1.807) is 0 Å². The Morgan fingerprint density at radius 2 is 1.53 bits per heavy atom. The average molecular weight is 222 g/mol. The molecule has 2 nitrogen and oxygen atoms in total. The third-order valence-electron chi connectivity index (χ3n) is 3.18. The maximum absolute atomic E-state index is 4.69. The zero-order chi connectivity index (χ0) is 12.0. The van der Waals surface area contributed by atoms with Crippen molar-refractivity contribution in [3.63, 3.8) is 0 Å². The first kappa shape index (κ1) is 10.2. The standard InChI is InChI=1S/C15H14N2/c1-9-8-14-15(11(3)16-9)13-7-5-4-6-12(13)10(2)17-14/h4-8H,1-3H3. The van der Waals surface area contributed by atoms with Gasteiger partial charge in [0.2, 0.25) is 0 Å². The average Bonchev–Trinajstić information content (AvgIpc) is 2.28. The molecular weight excluding hydrogens is 208 g/mol. The quantitative estimate of drug-likeness (QED) is 0.542. The minimum atomic E-state index is 1.03. The predicted octanol–water partition coefficient (Wildman–Crippen LogP) is 3.71. The summed E-state index contributed by atoms with van der Waals surface area (Å²) in [5.74, 6) is 0. The van der Waals surface area contributed by atoms with Gasteiger partial charge in [-0.1, -0.05) is 24.3 Å². The molecule has 0 aliphatic heterocycles. The molecule has 0 amide bonds. The van der Waals surface area contributed by atoms with Gasteiger partial charge in [0.1, 0.15) is 0 Å². The van der Waals surface area contributed by atoms with Crippen LogP contribution in [0.25, 0.3) is 21.7 Å². The Bertz CT molecular complexity index is 730. The molecule has 2 aromatic heterocycles. The monoisotopic (exact) mass is 222 g/mol. The lowest BCUT2D eigenvalue weighted by Crippen LogP contribution is -1.94. The highest BCUT2D eigenvalue weighted by Crippen LogP contribution is 2.27. The summed E-state index contributed by atoms with van der Waals surface area (Å²) >= 11 is 0. The van der Waals surface area contributed by atoms with Crippen LogP contribution in [0.1, 0.15) is 17.1 Å².